The van der Waals surface area contributed by atoms with E-state index in [9.17, 15) is 0 Å². The van der Waals surface area contributed by atoms with Crippen molar-refractivity contribution < 1.29 is 0 Å². The van der Waals surface area contributed by atoms with E-state index in [0.29, 0.717) is 0 Å². The summed E-state index contributed by atoms with van der Waals surface area (Å²) in [6.07, 6.45) is 0.936. The third kappa shape index (κ3) is 3.88. The summed E-state index contributed by atoms with van der Waals surface area (Å²) >= 11 is 0. The molecular weight excluding hydrogens is 444 g/mol. The molecule has 0 aliphatic rings. The molecule has 0 bridgehead atoms. The van der Waals surface area contributed by atoms with Gasteiger partial charge in [0.15, 0.2) is 0 Å². The van der Waals surface area contributed by atoms with E-state index in [1.54, 1.807) is 0 Å². The number of rotatable bonds is 4. The van der Waals surface area contributed by atoms with Crippen LogP contribution in [0.3, 0.4) is 0 Å². The van der Waals surface area contributed by atoms with Gasteiger partial charge in [0.05, 0.1) is 0 Å². The topological polar surface area (TPSA) is 0 Å². The van der Waals surface area contributed by atoms with Crippen LogP contribution in [0, 0.1) is 0 Å². The minimum absolute atomic E-state index is 0.936. The zero-order valence-electron chi connectivity index (χ0n) is 20.6. The minimum atomic E-state index is 0.936. The van der Waals surface area contributed by atoms with E-state index in [4.69, 9.17) is 0 Å². The van der Waals surface area contributed by atoms with Crippen molar-refractivity contribution in [2.75, 3.05) is 0 Å². The zero-order chi connectivity index (χ0) is 24.6. The van der Waals surface area contributed by atoms with Gasteiger partial charge in [-0.15, -0.1) is 0 Å². The highest BCUT2D eigenvalue weighted by Gasteiger charge is 2.12. The van der Waals surface area contributed by atoms with Crippen LogP contribution in [0.4, 0.5) is 0 Å². The van der Waals surface area contributed by atoms with Crippen LogP contribution >= 0.6 is 0 Å². The van der Waals surface area contributed by atoms with Crippen molar-refractivity contribution in [2.24, 2.45) is 0 Å². The molecule has 0 unspecified atom stereocenters. The van der Waals surface area contributed by atoms with Gasteiger partial charge in [-0.05, 0) is 78.2 Å². The van der Waals surface area contributed by atoms with Gasteiger partial charge in [-0.2, -0.15) is 0 Å². The third-order valence-corrected chi connectivity index (χ3v) is 7.47. The van der Waals surface area contributed by atoms with E-state index < -0.39 is 0 Å². The van der Waals surface area contributed by atoms with Crippen LogP contribution in [0.2, 0.25) is 0 Å². The second kappa shape index (κ2) is 9.08. The Hall–Kier alpha value is -4.68. The second-order valence-corrected chi connectivity index (χ2v) is 9.76. The maximum atomic E-state index is 2.39. The van der Waals surface area contributed by atoms with E-state index in [1.165, 1.54) is 65.7 Å². The van der Waals surface area contributed by atoms with Gasteiger partial charge < -0.3 is 0 Å². The van der Waals surface area contributed by atoms with Gasteiger partial charge >= 0.3 is 0 Å². The Labute approximate surface area is 217 Å². The van der Waals surface area contributed by atoms with Gasteiger partial charge in [0.25, 0.3) is 0 Å². The summed E-state index contributed by atoms with van der Waals surface area (Å²) in [5.41, 5.74) is 7.70. The molecule has 7 aromatic carbocycles. The molecule has 0 saturated heterocycles. The van der Waals surface area contributed by atoms with E-state index in [1.807, 2.05) is 0 Å². The molecule has 0 amide bonds. The smallest absolute Gasteiger partial charge is 0.00256 e. The predicted molar refractivity (Wildman–Crippen MR) is 159 cm³/mol. The Morgan fingerprint density at radius 2 is 0.784 bits per heavy atom. The summed E-state index contributed by atoms with van der Waals surface area (Å²) in [5.74, 6) is 0. The fourth-order valence-corrected chi connectivity index (χ4v) is 5.74. The van der Waals surface area contributed by atoms with Crippen molar-refractivity contribution >= 4 is 32.3 Å². The Morgan fingerprint density at radius 3 is 1.43 bits per heavy atom. The standard InChI is InChI=1S/C37H26/c1-2-11-26(12-3-1)23-27-13-10-14-28(24-27)30-15-4-5-16-31(30)29-21-22-36-34-19-7-6-17-32(34)33-18-8-9-20-35(33)37(36)25-29/h1-22,24-25H,23H2. The summed E-state index contributed by atoms with van der Waals surface area (Å²) in [4.78, 5) is 0. The first-order valence-electron chi connectivity index (χ1n) is 12.9. The molecule has 37 heavy (non-hydrogen) atoms. The Morgan fingerprint density at radius 1 is 0.297 bits per heavy atom. The number of hydrogen-bond acceptors (Lipinski definition) is 0. The van der Waals surface area contributed by atoms with Crippen LogP contribution < -0.4 is 0 Å². The third-order valence-electron chi connectivity index (χ3n) is 7.47. The summed E-state index contributed by atoms with van der Waals surface area (Å²) in [5, 5.41) is 7.85. The molecule has 0 nitrogen and oxygen atoms in total. The molecule has 0 N–H and O–H groups in total. The monoisotopic (exact) mass is 470 g/mol. The molecule has 0 fully saturated rings. The molecule has 7 rings (SSSR count). The van der Waals surface area contributed by atoms with Gasteiger partial charge in [0.1, 0.15) is 0 Å². The normalized spacial score (nSPS) is 11.4. The molecule has 7 aromatic rings. The van der Waals surface area contributed by atoms with Gasteiger partial charge in [0.2, 0.25) is 0 Å². The van der Waals surface area contributed by atoms with E-state index in [2.05, 4.69) is 146 Å². The van der Waals surface area contributed by atoms with E-state index >= 15 is 0 Å². The lowest BCUT2D eigenvalue weighted by molar-refractivity contribution is 1.19. The molecule has 0 spiro atoms. The van der Waals surface area contributed by atoms with Crippen LogP contribution in [-0.2, 0) is 6.42 Å². The summed E-state index contributed by atoms with van der Waals surface area (Å²) in [6, 6.07) is 53.0. The van der Waals surface area contributed by atoms with Crippen molar-refractivity contribution in [3.63, 3.8) is 0 Å². The number of fused-ring (bicyclic) bond motifs is 6. The van der Waals surface area contributed by atoms with Crippen LogP contribution in [0.1, 0.15) is 11.1 Å². The lowest BCUT2D eigenvalue weighted by Gasteiger charge is -2.15. The maximum absolute atomic E-state index is 2.39. The molecule has 174 valence electrons. The Kier molecular flexibility index (Phi) is 5.30. The SMILES string of the molecule is c1ccc(Cc2cccc(-c3ccccc3-c3ccc4c5ccccc5c5ccccc5c4c3)c2)cc1. The summed E-state index contributed by atoms with van der Waals surface area (Å²) < 4.78 is 0. The molecule has 0 heteroatoms. The van der Waals surface area contributed by atoms with Gasteiger partial charge in [-0.1, -0.05) is 140 Å². The van der Waals surface area contributed by atoms with Crippen LogP contribution in [0.5, 0.6) is 0 Å². The lowest BCUT2D eigenvalue weighted by Crippen LogP contribution is -1.90. The molecular formula is C37H26. The van der Waals surface area contributed by atoms with Gasteiger partial charge in [-0.25, -0.2) is 0 Å². The van der Waals surface area contributed by atoms with Crippen molar-refractivity contribution in [1.29, 1.82) is 0 Å². The average Bonchev–Trinajstić information content (AvgIpc) is 2.98. The maximum Gasteiger partial charge on any atom is -0.00256 e. The highest BCUT2D eigenvalue weighted by molar-refractivity contribution is 6.25. The van der Waals surface area contributed by atoms with Crippen LogP contribution in [-0.4, -0.2) is 0 Å². The first-order valence-corrected chi connectivity index (χ1v) is 12.9. The first kappa shape index (κ1) is 21.6. The quantitative estimate of drug-likeness (QED) is 0.224. The van der Waals surface area contributed by atoms with Crippen LogP contribution in [0.25, 0.3) is 54.6 Å². The second-order valence-electron chi connectivity index (χ2n) is 9.76. The summed E-state index contributed by atoms with van der Waals surface area (Å²) in [7, 11) is 0. The molecule has 0 heterocycles. The molecule has 0 aliphatic carbocycles. The number of hydrogen-bond donors (Lipinski definition) is 0. The highest BCUT2D eigenvalue weighted by Crippen LogP contribution is 2.39. The fourth-order valence-electron chi connectivity index (χ4n) is 5.74. The Balaban J connectivity index is 1.39. The largest absolute Gasteiger partial charge is 0.0622 e. The first-order chi connectivity index (χ1) is 18.3. The summed E-state index contributed by atoms with van der Waals surface area (Å²) in [6.45, 7) is 0. The van der Waals surface area contributed by atoms with Gasteiger partial charge in [0, 0.05) is 0 Å². The van der Waals surface area contributed by atoms with Gasteiger partial charge in [-0.3, -0.25) is 0 Å². The highest BCUT2D eigenvalue weighted by atomic mass is 14.2. The molecule has 0 aliphatic heterocycles. The predicted octanol–water partition coefficient (Wildman–Crippen LogP) is 10.1. The fraction of sp³-hybridized carbons (Fsp3) is 0.0270. The lowest BCUT2D eigenvalue weighted by atomic mass is 9.89. The average molecular weight is 471 g/mol. The van der Waals surface area contributed by atoms with Crippen LogP contribution in [0.15, 0.2) is 146 Å². The van der Waals surface area contributed by atoms with Crippen molar-refractivity contribution in [2.45, 2.75) is 6.42 Å². The molecule has 0 aromatic heterocycles. The Bertz CT molecular complexity index is 1860. The van der Waals surface area contributed by atoms with Crippen molar-refractivity contribution in [1.82, 2.24) is 0 Å². The minimum Gasteiger partial charge on any atom is -0.0622 e. The molecule has 0 radical (unpaired) electrons. The number of benzene rings is 7. The molecule has 0 atom stereocenters. The van der Waals surface area contributed by atoms with E-state index in [-0.39, 0.29) is 0 Å². The van der Waals surface area contributed by atoms with E-state index in [0.717, 1.165) is 6.42 Å². The zero-order valence-corrected chi connectivity index (χ0v) is 20.6. The van der Waals surface area contributed by atoms with Crippen molar-refractivity contribution in [3.8, 4) is 22.3 Å². The molecule has 0 saturated carbocycles. The van der Waals surface area contributed by atoms with Crippen molar-refractivity contribution in [3.05, 3.63) is 157 Å².